The molecule has 6 heteroatoms. The van der Waals surface area contributed by atoms with E-state index in [4.69, 9.17) is 5.11 Å². The second-order valence-corrected chi connectivity index (χ2v) is 3.53. The Bertz CT molecular complexity index is 494. The third-order valence-electron chi connectivity index (χ3n) is 1.77. The van der Waals surface area contributed by atoms with Crippen molar-refractivity contribution in [2.45, 2.75) is 6.42 Å². The minimum absolute atomic E-state index is 0.117. The Balaban J connectivity index is 2.59. The SMILES string of the molecule is O=C(O)Cc1nccn2c(Br)cnc12. The summed E-state index contributed by atoms with van der Waals surface area (Å²) < 4.78 is 2.52. The first kappa shape index (κ1) is 9.14. The van der Waals surface area contributed by atoms with Gasteiger partial charge in [0, 0.05) is 12.4 Å². The van der Waals surface area contributed by atoms with Crippen molar-refractivity contribution in [1.82, 2.24) is 14.4 Å². The third kappa shape index (κ3) is 1.48. The zero-order valence-corrected chi connectivity index (χ0v) is 8.60. The number of aliphatic carboxylic acids is 1. The number of hydrogen-bond acceptors (Lipinski definition) is 3. The van der Waals surface area contributed by atoms with Crippen LogP contribution < -0.4 is 0 Å². The van der Waals surface area contributed by atoms with E-state index in [-0.39, 0.29) is 6.42 Å². The molecule has 0 aliphatic heterocycles. The monoisotopic (exact) mass is 255 g/mol. The number of nitrogens with zero attached hydrogens (tertiary/aromatic N) is 3. The quantitative estimate of drug-likeness (QED) is 0.874. The lowest BCUT2D eigenvalue weighted by Crippen LogP contribution is -2.04. The Morgan fingerprint density at radius 3 is 3.07 bits per heavy atom. The molecule has 0 saturated heterocycles. The number of carboxylic acids is 1. The Kier molecular flexibility index (Phi) is 2.20. The Morgan fingerprint density at radius 1 is 1.57 bits per heavy atom. The van der Waals surface area contributed by atoms with Crippen LogP contribution in [0.3, 0.4) is 0 Å². The van der Waals surface area contributed by atoms with Crippen molar-refractivity contribution in [1.29, 1.82) is 0 Å². The molecule has 0 aromatic carbocycles. The summed E-state index contributed by atoms with van der Waals surface area (Å²) in [6.07, 6.45) is 4.77. The summed E-state index contributed by atoms with van der Waals surface area (Å²) in [6.45, 7) is 0. The van der Waals surface area contributed by atoms with Crippen molar-refractivity contribution < 1.29 is 9.90 Å². The highest BCUT2D eigenvalue weighted by atomic mass is 79.9. The average Bonchev–Trinajstić information content (AvgIpc) is 2.49. The van der Waals surface area contributed by atoms with Gasteiger partial charge >= 0.3 is 5.97 Å². The van der Waals surface area contributed by atoms with Crippen molar-refractivity contribution in [2.75, 3.05) is 0 Å². The van der Waals surface area contributed by atoms with Gasteiger partial charge in [0.1, 0.15) is 4.60 Å². The van der Waals surface area contributed by atoms with Gasteiger partial charge in [-0.05, 0) is 15.9 Å². The van der Waals surface area contributed by atoms with Crippen LogP contribution in [0.15, 0.2) is 23.2 Å². The molecule has 0 aliphatic carbocycles. The fourth-order valence-electron chi connectivity index (χ4n) is 1.21. The average molecular weight is 256 g/mol. The zero-order valence-electron chi connectivity index (χ0n) is 7.01. The van der Waals surface area contributed by atoms with Crippen LogP contribution in [0.4, 0.5) is 0 Å². The molecule has 2 aromatic rings. The van der Waals surface area contributed by atoms with E-state index in [9.17, 15) is 4.79 Å². The number of aromatic nitrogens is 3. The summed E-state index contributed by atoms with van der Waals surface area (Å²) in [5, 5.41) is 8.64. The van der Waals surface area contributed by atoms with Gasteiger partial charge in [-0.2, -0.15) is 0 Å². The third-order valence-corrected chi connectivity index (χ3v) is 2.36. The summed E-state index contributed by atoms with van der Waals surface area (Å²) in [6, 6.07) is 0. The number of imidazole rings is 1. The molecule has 0 fully saturated rings. The maximum Gasteiger partial charge on any atom is 0.309 e. The van der Waals surface area contributed by atoms with Crippen LogP contribution in [0.1, 0.15) is 5.69 Å². The molecule has 14 heavy (non-hydrogen) atoms. The van der Waals surface area contributed by atoms with Crippen LogP contribution in [0, 0.1) is 0 Å². The van der Waals surface area contributed by atoms with Crippen molar-refractivity contribution in [2.24, 2.45) is 0 Å². The maximum absolute atomic E-state index is 10.5. The summed E-state index contributed by atoms with van der Waals surface area (Å²) in [5.74, 6) is -0.912. The van der Waals surface area contributed by atoms with Crippen LogP contribution in [0.5, 0.6) is 0 Å². The molecule has 2 heterocycles. The first-order valence-corrected chi connectivity index (χ1v) is 4.66. The smallest absolute Gasteiger partial charge is 0.309 e. The van der Waals surface area contributed by atoms with Crippen molar-refractivity contribution in [3.05, 3.63) is 28.9 Å². The van der Waals surface area contributed by atoms with Gasteiger partial charge in [-0.15, -0.1) is 0 Å². The number of fused-ring (bicyclic) bond motifs is 1. The number of carboxylic acid groups (broad SMARTS) is 1. The van der Waals surface area contributed by atoms with Gasteiger partial charge in [0.05, 0.1) is 18.3 Å². The number of halogens is 1. The Hall–Kier alpha value is -1.43. The predicted octanol–water partition coefficient (Wildman–Crippen LogP) is 1.12. The molecule has 0 bridgehead atoms. The molecule has 0 radical (unpaired) electrons. The number of carbonyl (C=O) groups is 1. The van der Waals surface area contributed by atoms with E-state index in [1.807, 2.05) is 0 Å². The summed E-state index contributed by atoms with van der Waals surface area (Å²) in [5.41, 5.74) is 1.03. The first-order valence-electron chi connectivity index (χ1n) is 3.86. The standard InChI is InChI=1S/C8H6BrN3O2/c9-6-4-11-8-5(3-7(13)14)10-1-2-12(6)8/h1-2,4H,3H2,(H,13,14). The van der Waals surface area contributed by atoms with Gasteiger partial charge in [0.2, 0.25) is 0 Å². The van der Waals surface area contributed by atoms with Crippen LogP contribution in [0.2, 0.25) is 0 Å². The molecule has 2 aromatic heterocycles. The van der Waals surface area contributed by atoms with E-state index < -0.39 is 5.97 Å². The first-order chi connectivity index (χ1) is 6.68. The van der Waals surface area contributed by atoms with Gasteiger partial charge < -0.3 is 5.11 Å². The molecule has 2 rings (SSSR count). The van der Waals surface area contributed by atoms with Gasteiger partial charge in [0.25, 0.3) is 0 Å². The molecule has 0 saturated carbocycles. The highest BCUT2D eigenvalue weighted by Crippen LogP contribution is 2.14. The molecular weight excluding hydrogens is 250 g/mol. The van der Waals surface area contributed by atoms with Crippen LogP contribution in [-0.2, 0) is 11.2 Å². The molecule has 0 aliphatic rings. The van der Waals surface area contributed by atoms with Crippen molar-refractivity contribution in [3.63, 3.8) is 0 Å². The molecule has 72 valence electrons. The Labute approximate surface area is 87.5 Å². The van der Waals surface area contributed by atoms with Gasteiger partial charge in [-0.25, -0.2) is 4.98 Å². The topological polar surface area (TPSA) is 67.5 Å². The van der Waals surface area contributed by atoms with E-state index in [1.54, 1.807) is 23.0 Å². The number of hydrogen-bond donors (Lipinski definition) is 1. The highest BCUT2D eigenvalue weighted by molar-refractivity contribution is 9.10. The van der Waals surface area contributed by atoms with E-state index >= 15 is 0 Å². The lowest BCUT2D eigenvalue weighted by molar-refractivity contribution is -0.136. The minimum Gasteiger partial charge on any atom is -0.481 e. The van der Waals surface area contributed by atoms with Crippen LogP contribution in [-0.4, -0.2) is 25.4 Å². The lowest BCUT2D eigenvalue weighted by Gasteiger charge is -1.99. The summed E-state index contributed by atoms with van der Waals surface area (Å²) in [7, 11) is 0. The van der Waals surface area contributed by atoms with Crippen LogP contribution in [0.25, 0.3) is 5.65 Å². The zero-order chi connectivity index (χ0) is 10.1. The molecule has 5 nitrogen and oxygen atoms in total. The normalized spacial score (nSPS) is 10.6. The number of rotatable bonds is 2. The van der Waals surface area contributed by atoms with Crippen molar-refractivity contribution >= 4 is 27.5 Å². The molecule has 0 unspecified atom stereocenters. The van der Waals surface area contributed by atoms with Crippen molar-refractivity contribution in [3.8, 4) is 0 Å². The lowest BCUT2D eigenvalue weighted by atomic mass is 10.3. The molecule has 1 N–H and O–H groups in total. The van der Waals surface area contributed by atoms with Gasteiger partial charge in [-0.3, -0.25) is 14.2 Å². The fourth-order valence-corrected chi connectivity index (χ4v) is 1.60. The summed E-state index contributed by atoms with van der Waals surface area (Å²) in [4.78, 5) is 18.6. The van der Waals surface area contributed by atoms with Gasteiger partial charge in [0.15, 0.2) is 5.65 Å². The second-order valence-electron chi connectivity index (χ2n) is 2.72. The van der Waals surface area contributed by atoms with Gasteiger partial charge in [-0.1, -0.05) is 0 Å². The maximum atomic E-state index is 10.5. The predicted molar refractivity (Wildman–Crippen MR) is 52.0 cm³/mol. The molecule has 0 atom stereocenters. The van der Waals surface area contributed by atoms with Crippen LogP contribution >= 0.6 is 15.9 Å². The largest absolute Gasteiger partial charge is 0.481 e. The van der Waals surface area contributed by atoms with E-state index in [2.05, 4.69) is 25.9 Å². The minimum atomic E-state index is -0.912. The molecule has 0 spiro atoms. The van der Waals surface area contributed by atoms with E-state index in [1.165, 1.54) is 0 Å². The molecule has 0 amide bonds. The Morgan fingerprint density at radius 2 is 2.36 bits per heavy atom. The highest BCUT2D eigenvalue weighted by Gasteiger charge is 2.09. The fraction of sp³-hybridized carbons (Fsp3) is 0.125. The molecular formula is C8H6BrN3O2. The van der Waals surface area contributed by atoms with E-state index in [0.717, 1.165) is 4.60 Å². The van der Waals surface area contributed by atoms with E-state index in [0.29, 0.717) is 11.3 Å². The summed E-state index contributed by atoms with van der Waals surface area (Å²) >= 11 is 3.29. The second kappa shape index (κ2) is 3.38.